The molecule has 0 bridgehead atoms. The maximum absolute atomic E-state index is 6.71. The predicted molar refractivity (Wildman–Crippen MR) is 261 cm³/mol. The molecule has 13 rings (SSSR count). The van der Waals surface area contributed by atoms with Crippen LogP contribution in [0.4, 0.5) is 34.1 Å². The van der Waals surface area contributed by atoms with Crippen LogP contribution in [0.5, 0.6) is 23.0 Å². The summed E-state index contributed by atoms with van der Waals surface area (Å²) in [6.45, 7) is 0.0993. The molecular formula is C54H34B2N2O2Se2. The molecule has 8 heteroatoms. The number of nitrogens with zero attached hydrogens (tertiary/aromatic N) is 2. The van der Waals surface area contributed by atoms with E-state index in [1.165, 1.54) is 73.4 Å². The van der Waals surface area contributed by atoms with Crippen LogP contribution in [0.15, 0.2) is 206 Å². The van der Waals surface area contributed by atoms with Gasteiger partial charge in [-0.25, -0.2) is 0 Å². The summed E-state index contributed by atoms with van der Waals surface area (Å²) in [5, 5.41) is 0. The van der Waals surface area contributed by atoms with Crippen molar-refractivity contribution in [2.45, 2.75) is 0 Å². The molecule has 4 aliphatic heterocycles. The fraction of sp³-hybridized carbons (Fsp3) is 0. The zero-order valence-electron chi connectivity index (χ0n) is 33.3. The van der Waals surface area contributed by atoms with Crippen LogP contribution in [0.2, 0.25) is 0 Å². The molecule has 4 aliphatic rings. The molecule has 4 nitrogen and oxygen atoms in total. The van der Waals surface area contributed by atoms with Crippen molar-refractivity contribution in [1.29, 1.82) is 0 Å². The van der Waals surface area contributed by atoms with E-state index in [9.17, 15) is 0 Å². The molecule has 9 aromatic rings. The van der Waals surface area contributed by atoms with Crippen LogP contribution in [-0.4, -0.2) is 43.3 Å². The Labute approximate surface area is 374 Å². The first-order chi connectivity index (χ1) is 30.7. The average Bonchev–Trinajstić information content (AvgIpc) is 3.32. The summed E-state index contributed by atoms with van der Waals surface area (Å²) >= 11 is 0.173. The Morgan fingerprint density at radius 1 is 0.306 bits per heavy atom. The van der Waals surface area contributed by atoms with Crippen molar-refractivity contribution in [2.75, 3.05) is 9.80 Å². The van der Waals surface area contributed by atoms with Crippen LogP contribution < -0.4 is 69.9 Å². The van der Waals surface area contributed by atoms with Crippen molar-refractivity contribution in [2.24, 2.45) is 0 Å². The fourth-order valence-electron chi connectivity index (χ4n) is 9.91. The number of benzene rings is 9. The summed E-state index contributed by atoms with van der Waals surface area (Å²) in [7, 11) is 0. The van der Waals surface area contributed by atoms with Crippen LogP contribution in [0, 0.1) is 0 Å². The summed E-state index contributed by atoms with van der Waals surface area (Å²) in [4.78, 5) is 5.01. The third-order valence-corrected chi connectivity index (χ3v) is 17.2. The molecule has 0 aliphatic carbocycles. The molecule has 0 atom stereocenters. The third kappa shape index (κ3) is 5.76. The molecule has 0 amide bonds. The molecule has 0 aromatic heterocycles. The Morgan fingerprint density at radius 3 is 1.13 bits per heavy atom. The van der Waals surface area contributed by atoms with Crippen LogP contribution in [-0.2, 0) is 0 Å². The van der Waals surface area contributed by atoms with Gasteiger partial charge in [0.1, 0.15) is 0 Å². The van der Waals surface area contributed by atoms with Gasteiger partial charge in [-0.3, -0.25) is 0 Å². The summed E-state index contributed by atoms with van der Waals surface area (Å²) in [6.07, 6.45) is 0. The van der Waals surface area contributed by atoms with Crippen molar-refractivity contribution in [3.8, 4) is 23.0 Å². The predicted octanol–water partition coefficient (Wildman–Crippen LogP) is 5.81. The fourth-order valence-corrected chi connectivity index (χ4v) is 14.9. The van der Waals surface area contributed by atoms with Crippen LogP contribution in [0.1, 0.15) is 0 Å². The number of fused-ring (bicyclic) bond motifs is 8. The van der Waals surface area contributed by atoms with Crippen molar-refractivity contribution in [3.63, 3.8) is 0 Å². The summed E-state index contributed by atoms with van der Waals surface area (Å²) in [6, 6.07) is 74.7. The number of hydrogen-bond acceptors (Lipinski definition) is 4. The molecule has 4 heterocycles. The van der Waals surface area contributed by atoms with E-state index >= 15 is 0 Å². The summed E-state index contributed by atoms with van der Waals surface area (Å²) in [5.41, 5.74) is 15.1. The van der Waals surface area contributed by atoms with Crippen molar-refractivity contribution in [1.82, 2.24) is 0 Å². The second kappa shape index (κ2) is 14.5. The zero-order chi connectivity index (χ0) is 40.7. The Hall–Kier alpha value is -6.65. The van der Waals surface area contributed by atoms with Gasteiger partial charge in [0.2, 0.25) is 0 Å². The minimum atomic E-state index is 0.0496. The van der Waals surface area contributed by atoms with Gasteiger partial charge in [0.25, 0.3) is 0 Å². The van der Waals surface area contributed by atoms with Gasteiger partial charge in [0.05, 0.1) is 0 Å². The van der Waals surface area contributed by atoms with E-state index in [1.54, 1.807) is 0 Å². The Bertz CT molecular complexity index is 3010. The second-order valence-corrected chi connectivity index (χ2v) is 20.5. The van der Waals surface area contributed by atoms with Gasteiger partial charge in [-0.2, -0.15) is 0 Å². The van der Waals surface area contributed by atoms with Gasteiger partial charge in [-0.1, -0.05) is 0 Å². The number of hydrogen-bond donors (Lipinski definition) is 0. The molecule has 290 valence electrons. The van der Waals surface area contributed by atoms with Crippen LogP contribution in [0.3, 0.4) is 0 Å². The molecule has 0 unspecified atom stereocenters. The number of rotatable bonds is 6. The van der Waals surface area contributed by atoms with E-state index < -0.39 is 0 Å². The van der Waals surface area contributed by atoms with Crippen molar-refractivity contribution in [3.05, 3.63) is 206 Å². The Balaban J connectivity index is 1.11. The van der Waals surface area contributed by atoms with Gasteiger partial charge >= 0.3 is 377 Å². The Morgan fingerprint density at radius 2 is 0.694 bits per heavy atom. The molecule has 0 fully saturated rings. The standard InChI is InChI=1S/C54H34B2N2O2Se2/c1-5-17-35(18-6-1)57-45-34-46-44(33-43(45)55-41-25-13-15-27-49(41)61-51-31-39(29-47(57)53(51)55)59-37-21-9-3-10-22-37)56-42-26-14-16-28-50(42)62-52-32-40(60-38-23-11-4-12-24-38)30-48(54(52)56)58(46)36-19-7-2-8-20-36/h1-34H. The molecule has 0 saturated carbocycles. The van der Waals surface area contributed by atoms with Crippen LogP contribution in [0.25, 0.3) is 0 Å². The summed E-state index contributed by atoms with van der Waals surface area (Å²) < 4.78 is 19.0. The number of anilines is 6. The first-order valence-corrected chi connectivity index (χ1v) is 24.4. The first kappa shape index (κ1) is 36.0. The molecule has 9 aromatic carbocycles. The summed E-state index contributed by atoms with van der Waals surface area (Å²) in [5.74, 6) is 3.37. The van der Waals surface area contributed by atoms with E-state index in [4.69, 9.17) is 9.47 Å². The van der Waals surface area contributed by atoms with Crippen molar-refractivity contribution >= 4 is 128 Å². The minimum absolute atomic E-state index is 0.0496. The molecule has 0 spiro atoms. The second-order valence-electron chi connectivity index (χ2n) is 16.0. The normalized spacial score (nSPS) is 13.5. The topological polar surface area (TPSA) is 24.9 Å². The maximum atomic E-state index is 6.71. The van der Waals surface area contributed by atoms with E-state index in [2.05, 4.69) is 155 Å². The Kier molecular flexibility index (Phi) is 8.42. The molecule has 62 heavy (non-hydrogen) atoms. The van der Waals surface area contributed by atoms with E-state index in [0.29, 0.717) is 0 Å². The SMILES string of the molecule is c1ccc(Oc2cc3c4c(c2)N(c2ccccc2)c2cc5c(cc2B4c2ccccc2[Se]3)B2c3ccccc3[Se]c3cc(Oc4ccccc4)cc(c32)N5c2ccccc2)cc1. The van der Waals surface area contributed by atoms with Crippen molar-refractivity contribution < 1.29 is 9.47 Å². The van der Waals surface area contributed by atoms with E-state index in [1.807, 2.05) is 60.7 Å². The number of para-hydroxylation sites is 4. The van der Waals surface area contributed by atoms with Gasteiger partial charge in [-0.15, -0.1) is 0 Å². The molecule has 0 N–H and O–H groups in total. The molecule has 0 radical (unpaired) electrons. The number of ether oxygens (including phenoxy) is 2. The third-order valence-electron chi connectivity index (χ3n) is 12.4. The molecular weight excluding hydrogens is 888 g/mol. The van der Waals surface area contributed by atoms with Gasteiger partial charge in [0, 0.05) is 0 Å². The van der Waals surface area contributed by atoms with Gasteiger partial charge in [0.15, 0.2) is 0 Å². The van der Waals surface area contributed by atoms with Crippen LogP contribution >= 0.6 is 0 Å². The zero-order valence-corrected chi connectivity index (χ0v) is 36.7. The van der Waals surface area contributed by atoms with E-state index in [-0.39, 0.29) is 43.3 Å². The van der Waals surface area contributed by atoms with E-state index in [0.717, 1.165) is 34.4 Å². The quantitative estimate of drug-likeness (QED) is 0.197. The van der Waals surface area contributed by atoms with Gasteiger partial charge in [-0.05, 0) is 0 Å². The average molecular weight is 922 g/mol. The monoisotopic (exact) mass is 924 g/mol. The molecule has 0 saturated heterocycles. The van der Waals surface area contributed by atoms with Gasteiger partial charge < -0.3 is 0 Å². The first-order valence-electron chi connectivity index (χ1n) is 21.0.